The number of rotatable bonds is 6. The van der Waals surface area contributed by atoms with Crippen molar-refractivity contribution in [2.24, 2.45) is 0 Å². The Hall–Kier alpha value is -2.65. The van der Waals surface area contributed by atoms with E-state index in [1.165, 1.54) is 14.9 Å². The number of amides is 3. The quantitative estimate of drug-likeness (QED) is 0.677. The predicted molar refractivity (Wildman–Crippen MR) is 103 cm³/mol. The van der Waals surface area contributed by atoms with Crippen LogP contribution in [0.4, 0.5) is 0 Å². The Balaban J connectivity index is 1.92. The van der Waals surface area contributed by atoms with E-state index in [0.717, 1.165) is 11.1 Å². The second-order valence-corrected chi connectivity index (χ2v) is 7.74. The first-order valence-corrected chi connectivity index (χ1v) is 9.62. The lowest BCUT2D eigenvalue weighted by Crippen LogP contribution is -2.73. The number of carboxylic acids is 1. The highest BCUT2D eigenvalue weighted by Gasteiger charge is 2.48. The molecule has 1 aromatic carbocycles. The van der Waals surface area contributed by atoms with E-state index in [-0.39, 0.29) is 44.3 Å². The lowest BCUT2D eigenvalue weighted by molar-refractivity contribution is -0.197. The van der Waals surface area contributed by atoms with Crippen molar-refractivity contribution in [3.63, 3.8) is 0 Å². The van der Waals surface area contributed by atoms with Gasteiger partial charge in [-0.3, -0.25) is 24.2 Å². The summed E-state index contributed by atoms with van der Waals surface area (Å²) in [5, 5.41) is 12.6. The van der Waals surface area contributed by atoms with Gasteiger partial charge in [-0.15, -0.1) is 0 Å². The number of hydrogen-bond donors (Lipinski definition) is 1. The highest BCUT2D eigenvalue weighted by molar-refractivity contribution is 6.31. The lowest BCUT2D eigenvalue weighted by atomic mass is 10.0. The number of nitrogens with zero attached hydrogens (tertiary/aromatic N) is 4. The first-order valence-electron chi connectivity index (χ1n) is 9.24. The number of halogens is 1. The fourth-order valence-corrected chi connectivity index (χ4v) is 4.01. The second-order valence-electron chi connectivity index (χ2n) is 7.33. The average Bonchev–Trinajstić information content (AvgIpc) is 2.65. The summed E-state index contributed by atoms with van der Waals surface area (Å²) in [5.74, 6) is -1.67. The third-order valence-corrected chi connectivity index (χ3v) is 5.75. The molecule has 1 aromatic rings. The van der Waals surface area contributed by atoms with E-state index in [2.05, 4.69) is 0 Å². The number of hydrazine groups is 1. The van der Waals surface area contributed by atoms with Crippen molar-refractivity contribution in [3.05, 3.63) is 34.3 Å². The molecule has 0 aliphatic carbocycles. The van der Waals surface area contributed by atoms with Crippen LogP contribution >= 0.6 is 11.6 Å². The summed E-state index contributed by atoms with van der Waals surface area (Å²) in [7, 11) is 1.62. The first kappa shape index (κ1) is 21.1. The maximum absolute atomic E-state index is 13.2. The van der Waals surface area contributed by atoms with Gasteiger partial charge in [0, 0.05) is 25.0 Å². The molecule has 0 bridgehead atoms. The molecule has 2 fully saturated rings. The lowest BCUT2D eigenvalue weighted by Gasteiger charge is -2.53. The van der Waals surface area contributed by atoms with Crippen LogP contribution in [-0.2, 0) is 25.7 Å². The summed E-state index contributed by atoms with van der Waals surface area (Å²) in [6.45, 7) is 2.22. The molecule has 29 heavy (non-hydrogen) atoms. The van der Waals surface area contributed by atoms with Crippen LogP contribution in [0.15, 0.2) is 18.2 Å². The molecule has 1 N–H and O–H groups in total. The van der Waals surface area contributed by atoms with Crippen LogP contribution in [0.1, 0.15) is 24.0 Å². The van der Waals surface area contributed by atoms with E-state index in [0.29, 0.717) is 11.4 Å². The zero-order valence-corrected chi connectivity index (χ0v) is 17.0. The molecule has 0 saturated carbocycles. The standard InChI is InChI=1S/C19H23ClN4O5/c1-12-7-13(3-4-14(12)20)8-22-9-16-23(11-25)21(2)10-17(26)24(16)15(19(22)29)5-6-18(27)28/h3-4,7,11,15-16H,5-6,8-10H2,1-2H3,(H,27,28)/t15?,16-/m1/s1. The molecule has 2 atom stereocenters. The summed E-state index contributed by atoms with van der Waals surface area (Å²) in [6.07, 6.45) is -0.317. The second kappa shape index (κ2) is 8.38. The Bertz CT molecular complexity index is 848. The Morgan fingerprint density at radius 2 is 2.07 bits per heavy atom. The van der Waals surface area contributed by atoms with Crippen molar-refractivity contribution in [3.8, 4) is 0 Å². The van der Waals surface area contributed by atoms with Gasteiger partial charge in [0.25, 0.3) is 0 Å². The number of piperazine rings is 1. The van der Waals surface area contributed by atoms with Gasteiger partial charge in [0.2, 0.25) is 18.2 Å². The van der Waals surface area contributed by atoms with E-state index in [4.69, 9.17) is 16.7 Å². The van der Waals surface area contributed by atoms with Crippen LogP contribution in [0.2, 0.25) is 5.02 Å². The van der Waals surface area contributed by atoms with E-state index in [1.807, 2.05) is 19.1 Å². The summed E-state index contributed by atoms with van der Waals surface area (Å²) in [6, 6.07) is 4.52. The van der Waals surface area contributed by atoms with E-state index in [1.54, 1.807) is 18.0 Å². The smallest absolute Gasteiger partial charge is 0.303 e. The van der Waals surface area contributed by atoms with Gasteiger partial charge in [0.15, 0.2) is 0 Å². The zero-order valence-electron chi connectivity index (χ0n) is 16.2. The molecule has 3 rings (SSSR count). The van der Waals surface area contributed by atoms with Crippen LogP contribution in [0.3, 0.4) is 0 Å². The van der Waals surface area contributed by atoms with Crippen LogP contribution in [0.5, 0.6) is 0 Å². The fraction of sp³-hybridized carbons (Fsp3) is 0.474. The van der Waals surface area contributed by atoms with Gasteiger partial charge in [0.1, 0.15) is 12.2 Å². The van der Waals surface area contributed by atoms with Crippen molar-refractivity contribution in [1.82, 2.24) is 19.8 Å². The number of benzene rings is 1. The molecule has 2 aliphatic rings. The minimum absolute atomic E-state index is 0.0109. The van der Waals surface area contributed by atoms with Crippen molar-refractivity contribution < 1.29 is 24.3 Å². The van der Waals surface area contributed by atoms with Crippen molar-refractivity contribution in [1.29, 1.82) is 0 Å². The van der Waals surface area contributed by atoms with Gasteiger partial charge in [-0.05, 0) is 30.5 Å². The maximum atomic E-state index is 13.2. The zero-order chi connectivity index (χ0) is 21.3. The molecule has 9 nitrogen and oxygen atoms in total. The van der Waals surface area contributed by atoms with Crippen molar-refractivity contribution in [2.45, 2.75) is 38.5 Å². The minimum Gasteiger partial charge on any atom is -0.481 e. The molecule has 156 valence electrons. The summed E-state index contributed by atoms with van der Waals surface area (Å²) < 4.78 is 0. The molecule has 10 heteroatoms. The van der Waals surface area contributed by atoms with Crippen molar-refractivity contribution in [2.75, 3.05) is 20.1 Å². The van der Waals surface area contributed by atoms with Crippen LogP contribution < -0.4 is 0 Å². The molecule has 1 unspecified atom stereocenters. The Morgan fingerprint density at radius 1 is 1.34 bits per heavy atom. The maximum Gasteiger partial charge on any atom is 0.303 e. The third kappa shape index (κ3) is 4.20. The van der Waals surface area contributed by atoms with Crippen LogP contribution in [0, 0.1) is 6.92 Å². The van der Waals surface area contributed by atoms with Gasteiger partial charge in [0.05, 0.1) is 13.1 Å². The topological polar surface area (TPSA) is 101 Å². The number of carbonyl (C=O) groups excluding carboxylic acids is 3. The number of aryl methyl sites for hydroxylation is 1. The summed E-state index contributed by atoms with van der Waals surface area (Å²) >= 11 is 6.08. The van der Waals surface area contributed by atoms with Gasteiger partial charge in [-0.2, -0.15) is 0 Å². The molecule has 2 aliphatic heterocycles. The number of hydrogen-bond acceptors (Lipinski definition) is 5. The van der Waals surface area contributed by atoms with Gasteiger partial charge >= 0.3 is 5.97 Å². The highest BCUT2D eigenvalue weighted by Crippen LogP contribution is 2.28. The Morgan fingerprint density at radius 3 is 2.69 bits per heavy atom. The highest BCUT2D eigenvalue weighted by atomic mass is 35.5. The van der Waals surface area contributed by atoms with Gasteiger partial charge < -0.3 is 14.9 Å². The molecular formula is C19H23ClN4O5. The average molecular weight is 423 g/mol. The number of fused-ring (bicyclic) bond motifs is 1. The van der Waals surface area contributed by atoms with E-state index >= 15 is 0 Å². The molecule has 2 heterocycles. The number of likely N-dealkylation sites (N-methyl/N-ethyl adjacent to an activating group) is 1. The van der Waals surface area contributed by atoms with Gasteiger partial charge in [-0.1, -0.05) is 23.7 Å². The van der Waals surface area contributed by atoms with Crippen LogP contribution in [0.25, 0.3) is 0 Å². The molecule has 3 amide bonds. The monoisotopic (exact) mass is 422 g/mol. The van der Waals surface area contributed by atoms with Crippen molar-refractivity contribution >= 4 is 35.8 Å². The van der Waals surface area contributed by atoms with Crippen LogP contribution in [-0.4, -0.2) is 81.5 Å². The summed E-state index contributed by atoms with van der Waals surface area (Å²) in [4.78, 5) is 51.5. The first-order chi connectivity index (χ1) is 13.7. The number of carboxylic acid groups (broad SMARTS) is 1. The Labute approximate surface area is 173 Å². The molecule has 0 aromatic heterocycles. The number of aliphatic carboxylic acids is 1. The molecular weight excluding hydrogens is 400 g/mol. The SMILES string of the molecule is Cc1cc(CN2C[C@H]3N(C(=O)CN(C)N3C=O)C(CCC(=O)O)C2=O)ccc1Cl. The minimum atomic E-state index is -1.05. The fourth-order valence-electron chi connectivity index (χ4n) is 3.89. The largest absolute Gasteiger partial charge is 0.481 e. The van der Waals surface area contributed by atoms with E-state index in [9.17, 15) is 19.2 Å². The van der Waals surface area contributed by atoms with E-state index < -0.39 is 18.2 Å². The predicted octanol–water partition coefficient (Wildman–Crippen LogP) is 0.698. The normalized spacial score (nSPS) is 22.7. The Kier molecular flexibility index (Phi) is 6.09. The molecule has 2 saturated heterocycles. The van der Waals surface area contributed by atoms with Gasteiger partial charge in [-0.25, -0.2) is 5.01 Å². The molecule has 0 spiro atoms. The number of carbonyl (C=O) groups is 4. The summed E-state index contributed by atoms with van der Waals surface area (Å²) in [5.41, 5.74) is 1.73. The third-order valence-electron chi connectivity index (χ3n) is 5.32. The molecule has 0 radical (unpaired) electrons.